The maximum Gasteiger partial charge on any atom is 0.161 e. The number of rotatable bonds is 3. The molecule has 0 atom stereocenters. The summed E-state index contributed by atoms with van der Waals surface area (Å²) in [6, 6.07) is 8.95. The first-order chi connectivity index (χ1) is 11.3. The molecule has 0 amide bonds. The van der Waals surface area contributed by atoms with E-state index in [0.29, 0.717) is 11.7 Å². The predicted molar refractivity (Wildman–Crippen MR) is 94.1 cm³/mol. The largest absolute Gasteiger partial charge is 0.393 e. The number of nitrogens with one attached hydrogen (secondary N) is 1. The highest BCUT2D eigenvalue weighted by Crippen LogP contribution is 2.38. The van der Waals surface area contributed by atoms with Crippen molar-refractivity contribution >= 4 is 23.0 Å². The molecule has 3 N–H and O–H groups in total. The fraction of sp³-hybridized carbons (Fsp3) is 0.444. The maximum absolute atomic E-state index is 6.41. The van der Waals surface area contributed by atoms with E-state index in [4.69, 9.17) is 5.73 Å². The van der Waals surface area contributed by atoms with Gasteiger partial charge in [-0.15, -0.1) is 0 Å². The number of benzene rings is 1. The molecule has 1 fully saturated rings. The van der Waals surface area contributed by atoms with Crippen LogP contribution in [0.1, 0.15) is 37.7 Å². The van der Waals surface area contributed by atoms with Crippen LogP contribution in [0.25, 0.3) is 0 Å². The molecule has 1 aliphatic carbocycles. The lowest BCUT2D eigenvalue weighted by molar-refractivity contribution is 0.462. The lowest BCUT2D eigenvalue weighted by Crippen LogP contribution is -2.24. The third-order valence-corrected chi connectivity index (χ3v) is 4.95. The molecule has 0 radical (unpaired) electrons. The van der Waals surface area contributed by atoms with Crippen LogP contribution in [0.3, 0.4) is 0 Å². The fourth-order valence-electron chi connectivity index (χ4n) is 3.71. The van der Waals surface area contributed by atoms with Crippen LogP contribution in [-0.4, -0.2) is 22.6 Å². The number of fused-ring (bicyclic) bond motifs is 1. The van der Waals surface area contributed by atoms with E-state index >= 15 is 0 Å². The minimum absolute atomic E-state index is 0.486. The number of anilines is 4. The first kappa shape index (κ1) is 14.3. The van der Waals surface area contributed by atoms with Crippen molar-refractivity contribution in [2.24, 2.45) is 0 Å². The van der Waals surface area contributed by atoms with Crippen molar-refractivity contribution in [2.45, 2.75) is 44.6 Å². The second-order valence-electron chi connectivity index (χ2n) is 6.47. The second-order valence-corrected chi connectivity index (χ2v) is 6.47. The zero-order valence-corrected chi connectivity index (χ0v) is 13.3. The average molecular weight is 309 g/mol. The van der Waals surface area contributed by atoms with Crippen LogP contribution < -0.4 is 16.0 Å². The van der Waals surface area contributed by atoms with Crippen molar-refractivity contribution in [3.05, 3.63) is 36.2 Å². The first-order valence-corrected chi connectivity index (χ1v) is 8.55. The summed E-state index contributed by atoms with van der Waals surface area (Å²) in [4.78, 5) is 11.1. The van der Waals surface area contributed by atoms with E-state index in [2.05, 4.69) is 44.5 Å². The zero-order chi connectivity index (χ0) is 15.6. The Kier molecular flexibility index (Phi) is 3.77. The van der Waals surface area contributed by atoms with Gasteiger partial charge < -0.3 is 16.0 Å². The number of para-hydroxylation sites is 1. The van der Waals surface area contributed by atoms with Gasteiger partial charge in [-0.3, -0.25) is 0 Å². The quantitative estimate of drug-likeness (QED) is 0.908. The lowest BCUT2D eigenvalue weighted by Gasteiger charge is -2.25. The minimum Gasteiger partial charge on any atom is -0.393 e. The van der Waals surface area contributed by atoms with Gasteiger partial charge in [-0.1, -0.05) is 37.5 Å². The number of nitrogens with zero attached hydrogens (tertiary/aromatic N) is 3. The van der Waals surface area contributed by atoms with Gasteiger partial charge in [0.15, 0.2) is 11.6 Å². The summed E-state index contributed by atoms with van der Waals surface area (Å²) in [6.45, 7) is 0.920. The number of hydrogen-bond acceptors (Lipinski definition) is 5. The average Bonchev–Trinajstić information content (AvgIpc) is 3.02. The smallest absolute Gasteiger partial charge is 0.161 e. The highest BCUT2D eigenvalue weighted by atomic mass is 15.2. The van der Waals surface area contributed by atoms with E-state index in [1.807, 2.05) is 0 Å². The number of nitrogen functional groups attached to an aromatic ring is 1. The van der Waals surface area contributed by atoms with E-state index in [1.54, 1.807) is 6.33 Å². The molecule has 120 valence electrons. The second kappa shape index (κ2) is 6.07. The Morgan fingerprint density at radius 2 is 1.91 bits per heavy atom. The molecule has 0 unspecified atom stereocenters. The number of hydrogen-bond donors (Lipinski definition) is 2. The van der Waals surface area contributed by atoms with E-state index in [1.165, 1.54) is 43.4 Å². The molecule has 0 saturated heterocycles. The molecule has 5 nitrogen and oxygen atoms in total. The van der Waals surface area contributed by atoms with Crippen molar-refractivity contribution in [1.82, 2.24) is 9.97 Å². The number of nitrogens with two attached hydrogens (primary N) is 1. The molecule has 5 heteroatoms. The van der Waals surface area contributed by atoms with Crippen LogP contribution in [0.2, 0.25) is 0 Å². The Morgan fingerprint density at radius 1 is 1.09 bits per heavy atom. The summed E-state index contributed by atoms with van der Waals surface area (Å²) >= 11 is 0. The molecule has 0 bridgehead atoms. The van der Waals surface area contributed by atoms with Gasteiger partial charge in [0, 0.05) is 18.3 Å². The van der Waals surface area contributed by atoms with Gasteiger partial charge in [-0.2, -0.15) is 0 Å². The van der Waals surface area contributed by atoms with Crippen LogP contribution in [0.5, 0.6) is 0 Å². The van der Waals surface area contributed by atoms with Crippen molar-refractivity contribution < 1.29 is 0 Å². The van der Waals surface area contributed by atoms with Gasteiger partial charge in [0.05, 0.1) is 0 Å². The molecule has 2 aromatic rings. The molecule has 0 spiro atoms. The normalized spacial score (nSPS) is 18.0. The Bertz CT molecular complexity index is 694. The molecule has 4 rings (SSSR count). The van der Waals surface area contributed by atoms with E-state index in [9.17, 15) is 0 Å². The Morgan fingerprint density at radius 3 is 2.78 bits per heavy atom. The van der Waals surface area contributed by atoms with E-state index in [0.717, 1.165) is 24.6 Å². The monoisotopic (exact) mass is 309 g/mol. The van der Waals surface area contributed by atoms with E-state index in [-0.39, 0.29) is 0 Å². The third-order valence-electron chi connectivity index (χ3n) is 4.95. The number of aromatic nitrogens is 2. The van der Waals surface area contributed by atoms with Crippen LogP contribution in [0, 0.1) is 0 Å². The van der Waals surface area contributed by atoms with Gasteiger partial charge in [-0.25, -0.2) is 9.97 Å². The molecular weight excluding hydrogens is 286 g/mol. The molecule has 1 saturated carbocycles. The summed E-state index contributed by atoms with van der Waals surface area (Å²) in [5.41, 5.74) is 9.63. The standard InChI is InChI=1S/C18H23N5/c19-16-17(22-14-7-2-1-3-8-14)20-12-21-18(16)23-11-10-13-6-4-5-9-15(13)23/h4-6,9,12,14H,1-3,7-8,10-11,19H2,(H,20,21,22). The summed E-state index contributed by atoms with van der Waals surface area (Å²) in [6.07, 6.45) is 8.97. The Labute approximate surface area is 136 Å². The highest BCUT2D eigenvalue weighted by Gasteiger charge is 2.24. The minimum atomic E-state index is 0.486. The molecular formula is C18H23N5. The van der Waals surface area contributed by atoms with Gasteiger partial charge in [0.25, 0.3) is 0 Å². The van der Waals surface area contributed by atoms with Gasteiger partial charge in [0.2, 0.25) is 0 Å². The van der Waals surface area contributed by atoms with Gasteiger partial charge >= 0.3 is 0 Å². The summed E-state index contributed by atoms with van der Waals surface area (Å²) in [5.74, 6) is 1.61. The van der Waals surface area contributed by atoms with Gasteiger partial charge in [-0.05, 0) is 30.9 Å². The Balaban J connectivity index is 1.62. The molecule has 1 aromatic carbocycles. The molecule has 23 heavy (non-hydrogen) atoms. The van der Waals surface area contributed by atoms with Gasteiger partial charge in [0.1, 0.15) is 12.0 Å². The predicted octanol–water partition coefficient (Wildman–Crippen LogP) is 3.50. The van der Waals surface area contributed by atoms with Crippen molar-refractivity contribution in [3.63, 3.8) is 0 Å². The maximum atomic E-state index is 6.41. The highest BCUT2D eigenvalue weighted by molar-refractivity contribution is 5.81. The Hall–Kier alpha value is -2.30. The van der Waals surface area contributed by atoms with Crippen LogP contribution in [0.15, 0.2) is 30.6 Å². The first-order valence-electron chi connectivity index (χ1n) is 8.55. The lowest BCUT2D eigenvalue weighted by atomic mass is 9.95. The van der Waals surface area contributed by atoms with Crippen LogP contribution >= 0.6 is 0 Å². The van der Waals surface area contributed by atoms with Crippen LogP contribution in [-0.2, 0) is 6.42 Å². The third kappa shape index (κ3) is 2.71. The van der Waals surface area contributed by atoms with E-state index < -0.39 is 0 Å². The molecule has 2 aliphatic rings. The van der Waals surface area contributed by atoms with Crippen molar-refractivity contribution in [1.29, 1.82) is 0 Å². The van der Waals surface area contributed by atoms with Crippen molar-refractivity contribution in [3.8, 4) is 0 Å². The summed E-state index contributed by atoms with van der Waals surface area (Å²) in [5, 5.41) is 3.53. The fourth-order valence-corrected chi connectivity index (χ4v) is 3.71. The molecule has 1 aromatic heterocycles. The topological polar surface area (TPSA) is 67.1 Å². The molecule has 1 aliphatic heterocycles. The van der Waals surface area contributed by atoms with Crippen LogP contribution in [0.4, 0.5) is 23.0 Å². The SMILES string of the molecule is Nc1c(NC2CCCCC2)ncnc1N1CCc2ccccc21. The summed E-state index contributed by atoms with van der Waals surface area (Å²) in [7, 11) is 0. The summed E-state index contributed by atoms with van der Waals surface area (Å²) < 4.78 is 0. The van der Waals surface area contributed by atoms with Crippen molar-refractivity contribution in [2.75, 3.05) is 22.5 Å². The zero-order valence-electron chi connectivity index (χ0n) is 13.3. The molecule has 2 heterocycles.